The Morgan fingerprint density at radius 1 is 1.19 bits per heavy atom. The molecule has 4 nitrogen and oxygen atoms in total. The molecule has 3 rings (SSSR count). The average molecular weight is 278 g/mol. The minimum atomic E-state index is -0.970. The summed E-state index contributed by atoms with van der Waals surface area (Å²) in [7, 11) is 1.86. The lowest BCUT2D eigenvalue weighted by Crippen LogP contribution is -1.95. The first kappa shape index (κ1) is 13.1. The molecule has 0 fully saturated rings. The number of fused-ring (bicyclic) bond motifs is 1. The number of hydrogen-bond acceptors (Lipinski definition) is 2. The maximum atomic E-state index is 10.7. The zero-order valence-electron chi connectivity index (χ0n) is 11.5. The van der Waals surface area contributed by atoms with Crippen molar-refractivity contribution in [2.24, 2.45) is 7.05 Å². The van der Waals surface area contributed by atoms with Gasteiger partial charge in [-0.1, -0.05) is 42.5 Å². The van der Waals surface area contributed by atoms with Crippen LogP contribution in [0.15, 0.2) is 54.7 Å². The lowest BCUT2D eigenvalue weighted by molar-refractivity contribution is -0.131. The highest BCUT2D eigenvalue weighted by Crippen LogP contribution is 2.31. The molecular formula is C17H14N2O2. The molecular weight excluding hydrogens is 264 g/mol. The molecule has 0 aliphatic rings. The predicted molar refractivity (Wildman–Crippen MR) is 82.8 cm³/mol. The monoisotopic (exact) mass is 278 g/mol. The number of hydrogen-bond donors (Lipinski definition) is 1. The molecule has 104 valence electrons. The van der Waals surface area contributed by atoms with Crippen molar-refractivity contribution >= 4 is 22.8 Å². The van der Waals surface area contributed by atoms with E-state index in [-0.39, 0.29) is 0 Å². The summed E-state index contributed by atoms with van der Waals surface area (Å²) in [5.74, 6) is -0.970. The van der Waals surface area contributed by atoms with Gasteiger partial charge >= 0.3 is 5.97 Å². The van der Waals surface area contributed by atoms with E-state index in [1.807, 2.05) is 31.3 Å². The third-order valence-electron chi connectivity index (χ3n) is 3.42. The van der Waals surface area contributed by atoms with E-state index in [1.165, 1.54) is 0 Å². The van der Waals surface area contributed by atoms with E-state index < -0.39 is 5.97 Å². The van der Waals surface area contributed by atoms with Crippen LogP contribution in [-0.2, 0) is 11.8 Å². The number of carboxylic acids is 1. The van der Waals surface area contributed by atoms with Crippen molar-refractivity contribution < 1.29 is 9.90 Å². The van der Waals surface area contributed by atoms with Crippen LogP contribution in [0.4, 0.5) is 0 Å². The minimum absolute atomic E-state index is 0.788. The van der Waals surface area contributed by atoms with E-state index in [1.54, 1.807) is 17.0 Å². The molecule has 1 heterocycles. The Balaban J connectivity index is 2.24. The van der Waals surface area contributed by atoms with Gasteiger partial charge in [0, 0.05) is 24.3 Å². The van der Waals surface area contributed by atoms with Crippen molar-refractivity contribution in [1.82, 2.24) is 9.78 Å². The van der Waals surface area contributed by atoms with Gasteiger partial charge in [0.2, 0.25) is 0 Å². The summed E-state index contributed by atoms with van der Waals surface area (Å²) in [4.78, 5) is 10.7. The molecule has 0 amide bonds. The van der Waals surface area contributed by atoms with Crippen LogP contribution in [0.3, 0.4) is 0 Å². The molecule has 0 atom stereocenters. The van der Waals surface area contributed by atoms with Crippen molar-refractivity contribution in [2.75, 3.05) is 0 Å². The highest BCUT2D eigenvalue weighted by Gasteiger charge is 2.11. The van der Waals surface area contributed by atoms with Gasteiger partial charge in [-0.05, 0) is 16.8 Å². The van der Waals surface area contributed by atoms with Gasteiger partial charge in [0.1, 0.15) is 0 Å². The molecule has 3 aromatic rings. The number of benzene rings is 2. The molecule has 0 aliphatic carbocycles. The second-order valence-corrected chi connectivity index (χ2v) is 4.77. The topological polar surface area (TPSA) is 55.1 Å². The van der Waals surface area contributed by atoms with E-state index in [4.69, 9.17) is 5.11 Å². The van der Waals surface area contributed by atoms with Crippen molar-refractivity contribution in [2.45, 2.75) is 0 Å². The van der Waals surface area contributed by atoms with Crippen LogP contribution in [0.25, 0.3) is 28.1 Å². The second-order valence-electron chi connectivity index (χ2n) is 4.77. The van der Waals surface area contributed by atoms with Crippen LogP contribution in [0, 0.1) is 0 Å². The average Bonchev–Trinajstić information content (AvgIpc) is 2.85. The zero-order valence-corrected chi connectivity index (χ0v) is 11.5. The van der Waals surface area contributed by atoms with E-state index >= 15 is 0 Å². The molecule has 0 aliphatic heterocycles. The fourth-order valence-electron chi connectivity index (χ4n) is 2.50. The largest absolute Gasteiger partial charge is 0.478 e. The Bertz CT molecular complexity index is 842. The van der Waals surface area contributed by atoms with Gasteiger partial charge in [-0.25, -0.2) is 4.79 Å². The summed E-state index contributed by atoms with van der Waals surface area (Å²) in [6.07, 6.45) is 4.38. The molecule has 0 radical (unpaired) electrons. The third kappa shape index (κ3) is 2.43. The SMILES string of the molecule is Cn1ncc(C=CC(=O)O)c1-c1cccc2ccccc12. The fraction of sp³-hybridized carbons (Fsp3) is 0.0588. The summed E-state index contributed by atoms with van der Waals surface area (Å²) < 4.78 is 1.77. The standard InChI is InChI=1S/C17H14N2O2/c1-19-17(13(11-18-19)9-10-16(20)21)15-8-4-6-12-5-2-3-7-14(12)15/h2-11H,1H3,(H,20,21). The van der Waals surface area contributed by atoms with Gasteiger partial charge in [0.15, 0.2) is 0 Å². The van der Waals surface area contributed by atoms with Crippen LogP contribution < -0.4 is 0 Å². The van der Waals surface area contributed by atoms with Gasteiger partial charge < -0.3 is 5.11 Å². The van der Waals surface area contributed by atoms with E-state index in [2.05, 4.69) is 23.3 Å². The number of nitrogens with zero attached hydrogens (tertiary/aromatic N) is 2. The molecule has 0 saturated carbocycles. The maximum Gasteiger partial charge on any atom is 0.328 e. The van der Waals surface area contributed by atoms with Gasteiger partial charge in [-0.15, -0.1) is 0 Å². The number of rotatable bonds is 3. The smallest absolute Gasteiger partial charge is 0.328 e. The molecule has 0 bridgehead atoms. The molecule has 1 N–H and O–H groups in total. The normalized spacial score (nSPS) is 11.3. The highest BCUT2D eigenvalue weighted by atomic mass is 16.4. The summed E-state index contributed by atoms with van der Waals surface area (Å²) in [6, 6.07) is 14.2. The number of aromatic nitrogens is 2. The predicted octanol–water partition coefficient (Wildman–Crippen LogP) is 3.34. The molecule has 0 spiro atoms. The van der Waals surface area contributed by atoms with E-state index in [9.17, 15) is 4.79 Å². The van der Waals surface area contributed by atoms with Crippen LogP contribution in [0.5, 0.6) is 0 Å². The lowest BCUT2D eigenvalue weighted by atomic mass is 10.00. The van der Waals surface area contributed by atoms with Crippen LogP contribution in [0.2, 0.25) is 0 Å². The Kier molecular flexibility index (Phi) is 3.28. The van der Waals surface area contributed by atoms with Crippen molar-refractivity contribution in [3.8, 4) is 11.3 Å². The minimum Gasteiger partial charge on any atom is -0.478 e. The summed E-state index contributed by atoms with van der Waals surface area (Å²) in [6.45, 7) is 0. The molecule has 1 aromatic heterocycles. The molecule has 0 saturated heterocycles. The molecule has 4 heteroatoms. The van der Waals surface area contributed by atoms with Crippen LogP contribution in [-0.4, -0.2) is 20.9 Å². The molecule has 2 aromatic carbocycles. The first-order chi connectivity index (χ1) is 10.2. The number of aryl methyl sites for hydroxylation is 1. The Morgan fingerprint density at radius 3 is 2.76 bits per heavy atom. The van der Waals surface area contributed by atoms with Crippen molar-refractivity contribution in [3.63, 3.8) is 0 Å². The fourth-order valence-corrected chi connectivity index (χ4v) is 2.50. The molecule has 0 unspecified atom stereocenters. The Labute approximate surface area is 122 Å². The van der Waals surface area contributed by atoms with Gasteiger partial charge in [-0.2, -0.15) is 5.10 Å². The quantitative estimate of drug-likeness (QED) is 0.748. The van der Waals surface area contributed by atoms with Gasteiger partial charge in [0.25, 0.3) is 0 Å². The number of aliphatic carboxylic acids is 1. The van der Waals surface area contributed by atoms with E-state index in [0.717, 1.165) is 33.7 Å². The van der Waals surface area contributed by atoms with E-state index in [0.29, 0.717) is 0 Å². The van der Waals surface area contributed by atoms with Gasteiger partial charge in [-0.3, -0.25) is 4.68 Å². The zero-order chi connectivity index (χ0) is 14.8. The third-order valence-corrected chi connectivity index (χ3v) is 3.42. The maximum absolute atomic E-state index is 10.7. The Hall–Kier alpha value is -2.88. The first-order valence-corrected chi connectivity index (χ1v) is 6.58. The van der Waals surface area contributed by atoms with Crippen molar-refractivity contribution in [1.29, 1.82) is 0 Å². The van der Waals surface area contributed by atoms with Crippen LogP contribution in [0.1, 0.15) is 5.56 Å². The summed E-state index contributed by atoms with van der Waals surface area (Å²) in [5, 5.41) is 15.3. The van der Waals surface area contributed by atoms with Gasteiger partial charge in [0.05, 0.1) is 11.9 Å². The highest BCUT2D eigenvalue weighted by molar-refractivity contribution is 5.98. The number of carboxylic acid groups (broad SMARTS) is 1. The Morgan fingerprint density at radius 2 is 1.95 bits per heavy atom. The number of carbonyl (C=O) groups is 1. The van der Waals surface area contributed by atoms with Crippen LogP contribution >= 0.6 is 0 Å². The lowest BCUT2D eigenvalue weighted by Gasteiger charge is -2.08. The summed E-state index contributed by atoms with van der Waals surface area (Å²) >= 11 is 0. The van der Waals surface area contributed by atoms with Crippen molar-refractivity contribution in [3.05, 3.63) is 60.3 Å². The molecule has 21 heavy (non-hydrogen) atoms. The second kappa shape index (κ2) is 5.25. The first-order valence-electron chi connectivity index (χ1n) is 6.58. The summed E-state index contributed by atoms with van der Waals surface area (Å²) in [5.41, 5.74) is 2.73.